The van der Waals surface area contributed by atoms with Crippen LogP contribution in [0.2, 0.25) is 0 Å². The van der Waals surface area contributed by atoms with Crippen LogP contribution in [0.3, 0.4) is 0 Å². The Morgan fingerprint density at radius 3 is 2.79 bits per heavy atom. The van der Waals surface area contributed by atoms with Crippen LogP contribution in [0.25, 0.3) is 5.65 Å². The van der Waals surface area contributed by atoms with E-state index < -0.39 is 0 Å². The van der Waals surface area contributed by atoms with Crippen molar-refractivity contribution in [1.29, 1.82) is 0 Å². The molecule has 7 nitrogen and oxygen atoms in total. The van der Waals surface area contributed by atoms with Gasteiger partial charge in [-0.1, -0.05) is 0 Å². The Labute approximate surface area is 165 Å². The van der Waals surface area contributed by atoms with Crippen LogP contribution < -0.4 is 5.32 Å². The van der Waals surface area contributed by atoms with Crippen LogP contribution in [0.1, 0.15) is 58.9 Å². The van der Waals surface area contributed by atoms with Crippen LogP contribution in [0.5, 0.6) is 0 Å². The molecule has 3 aromatic heterocycles. The molecule has 0 aromatic carbocycles. The summed E-state index contributed by atoms with van der Waals surface area (Å²) in [6, 6.07) is 1.98. The van der Waals surface area contributed by atoms with Crippen LogP contribution >= 0.6 is 0 Å². The van der Waals surface area contributed by atoms with Gasteiger partial charge in [-0.15, -0.1) is 0 Å². The van der Waals surface area contributed by atoms with Gasteiger partial charge in [0.25, 0.3) is 0 Å². The van der Waals surface area contributed by atoms with Crippen molar-refractivity contribution in [2.24, 2.45) is 7.05 Å². The Bertz CT molecular complexity index is 1050. The molecular formula is C21H28N6O. The summed E-state index contributed by atoms with van der Waals surface area (Å²) < 4.78 is 3.81. The van der Waals surface area contributed by atoms with Crippen molar-refractivity contribution in [3.63, 3.8) is 0 Å². The molecule has 28 heavy (non-hydrogen) atoms. The number of carbonyl (C=O) groups is 1. The van der Waals surface area contributed by atoms with Gasteiger partial charge in [-0.2, -0.15) is 10.2 Å². The third kappa shape index (κ3) is 3.41. The topological polar surface area (TPSA) is 77.1 Å². The zero-order valence-corrected chi connectivity index (χ0v) is 17.2. The predicted octanol–water partition coefficient (Wildman–Crippen LogP) is 2.52. The van der Waals surface area contributed by atoms with E-state index in [-0.39, 0.29) is 5.91 Å². The van der Waals surface area contributed by atoms with Crippen LogP contribution in [-0.2, 0) is 37.6 Å². The van der Waals surface area contributed by atoms with Crippen molar-refractivity contribution in [3.8, 4) is 0 Å². The highest BCUT2D eigenvalue weighted by Gasteiger charge is 2.19. The summed E-state index contributed by atoms with van der Waals surface area (Å²) in [6.45, 7) is 6.56. The van der Waals surface area contributed by atoms with E-state index in [0.717, 1.165) is 46.8 Å². The highest BCUT2D eigenvalue weighted by Crippen LogP contribution is 2.23. The molecule has 0 spiro atoms. The van der Waals surface area contributed by atoms with Gasteiger partial charge in [0.1, 0.15) is 0 Å². The Hall–Kier alpha value is -2.70. The van der Waals surface area contributed by atoms with E-state index in [1.54, 1.807) is 0 Å². The second kappa shape index (κ2) is 7.37. The van der Waals surface area contributed by atoms with E-state index in [0.29, 0.717) is 19.4 Å². The number of hydrogen-bond acceptors (Lipinski definition) is 4. The minimum Gasteiger partial charge on any atom is -0.350 e. The molecule has 0 saturated carbocycles. The lowest BCUT2D eigenvalue weighted by atomic mass is 9.96. The number of rotatable bonds is 5. The van der Waals surface area contributed by atoms with Crippen LogP contribution in [-0.4, -0.2) is 30.3 Å². The van der Waals surface area contributed by atoms with Crippen molar-refractivity contribution in [2.75, 3.05) is 0 Å². The summed E-state index contributed by atoms with van der Waals surface area (Å²) in [7, 11) is 1.97. The minimum atomic E-state index is 0.0568. The molecule has 3 aromatic rings. The summed E-state index contributed by atoms with van der Waals surface area (Å²) in [6.07, 6.45) is 5.65. The fraction of sp³-hybridized carbons (Fsp3) is 0.524. The Morgan fingerprint density at radius 2 is 1.96 bits per heavy atom. The average Bonchev–Trinajstić information content (AvgIpc) is 3.18. The first kappa shape index (κ1) is 18.7. The van der Waals surface area contributed by atoms with Gasteiger partial charge in [-0.3, -0.25) is 9.48 Å². The van der Waals surface area contributed by atoms with Gasteiger partial charge in [0.15, 0.2) is 5.65 Å². The number of fused-ring (bicyclic) bond motifs is 2. The van der Waals surface area contributed by atoms with E-state index >= 15 is 0 Å². The van der Waals surface area contributed by atoms with Gasteiger partial charge >= 0.3 is 0 Å². The Balaban J connectivity index is 1.42. The van der Waals surface area contributed by atoms with Crippen molar-refractivity contribution >= 4 is 11.6 Å². The molecule has 3 heterocycles. The zero-order chi connectivity index (χ0) is 19.8. The molecule has 0 bridgehead atoms. The molecule has 0 unspecified atom stereocenters. The molecule has 1 aliphatic carbocycles. The number of nitrogens with one attached hydrogen (secondary N) is 1. The lowest BCUT2D eigenvalue weighted by molar-refractivity contribution is -0.121. The zero-order valence-electron chi connectivity index (χ0n) is 17.2. The summed E-state index contributed by atoms with van der Waals surface area (Å²) in [4.78, 5) is 17.1. The number of aryl methyl sites for hydroxylation is 5. The fourth-order valence-corrected chi connectivity index (χ4v) is 4.28. The number of hydrogen-bond donors (Lipinski definition) is 1. The second-order valence-electron chi connectivity index (χ2n) is 7.80. The number of carbonyl (C=O) groups excluding carboxylic acids is 1. The lowest BCUT2D eigenvalue weighted by Crippen LogP contribution is -2.25. The monoisotopic (exact) mass is 380 g/mol. The Morgan fingerprint density at radius 1 is 1.18 bits per heavy atom. The van der Waals surface area contributed by atoms with E-state index in [1.807, 2.05) is 43.1 Å². The normalized spacial score (nSPS) is 13.7. The predicted molar refractivity (Wildman–Crippen MR) is 107 cm³/mol. The molecule has 1 amide bonds. The number of amides is 1. The van der Waals surface area contributed by atoms with E-state index in [1.165, 1.54) is 24.1 Å². The van der Waals surface area contributed by atoms with Gasteiger partial charge in [0.05, 0.1) is 23.6 Å². The van der Waals surface area contributed by atoms with Crippen molar-refractivity contribution in [2.45, 2.75) is 65.8 Å². The summed E-state index contributed by atoms with van der Waals surface area (Å²) in [5.74, 6) is 0.0568. The molecule has 0 saturated heterocycles. The van der Waals surface area contributed by atoms with E-state index in [2.05, 4.69) is 20.5 Å². The first-order chi connectivity index (χ1) is 13.4. The van der Waals surface area contributed by atoms with Gasteiger partial charge in [-0.25, -0.2) is 9.50 Å². The first-order valence-electron chi connectivity index (χ1n) is 10.1. The molecule has 1 aliphatic rings. The molecule has 0 radical (unpaired) electrons. The summed E-state index contributed by atoms with van der Waals surface area (Å²) in [5, 5.41) is 12.2. The van der Waals surface area contributed by atoms with Gasteiger partial charge < -0.3 is 5.32 Å². The molecule has 0 aliphatic heterocycles. The van der Waals surface area contributed by atoms with Crippen molar-refractivity contribution in [3.05, 3.63) is 45.7 Å². The fourth-order valence-electron chi connectivity index (χ4n) is 4.28. The third-order valence-electron chi connectivity index (χ3n) is 5.79. The molecule has 4 rings (SSSR count). The van der Waals surface area contributed by atoms with Crippen LogP contribution in [0, 0.1) is 20.8 Å². The second-order valence-corrected chi connectivity index (χ2v) is 7.80. The molecular weight excluding hydrogens is 352 g/mol. The number of aromatic nitrogens is 5. The van der Waals surface area contributed by atoms with Crippen LogP contribution in [0.15, 0.2) is 6.07 Å². The summed E-state index contributed by atoms with van der Waals surface area (Å²) in [5.41, 5.74) is 8.63. The van der Waals surface area contributed by atoms with Gasteiger partial charge in [0, 0.05) is 30.9 Å². The van der Waals surface area contributed by atoms with Crippen LogP contribution in [0.4, 0.5) is 0 Å². The maximum Gasteiger partial charge on any atom is 0.220 e. The number of nitrogens with zero attached hydrogens (tertiary/aromatic N) is 5. The van der Waals surface area contributed by atoms with Crippen molar-refractivity contribution in [1.82, 2.24) is 29.7 Å². The van der Waals surface area contributed by atoms with E-state index in [9.17, 15) is 4.79 Å². The molecule has 1 N–H and O–H groups in total. The smallest absolute Gasteiger partial charge is 0.220 e. The highest BCUT2D eigenvalue weighted by atomic mass is 16.1. The quantitative estimate of drug-likeness (QED) is 0.738. The molecule has 0 fully saturated rings. The molecule has 148 valence electrons. The lowest BCUT2D eigenvalue weighted by Gasteiger charge is -2.13. The van der Waals surface area contributed by atoms with Crippen molar-refractivity contribution < 1.29 is 4.79 Å². The third-order valence-corrected chi connectivity index (χ3v) is 5.79. The van der Waals surface area contributed by atoms with Gasteiger partial charge in [0.2, 0.25) is 5.91 Å². The summed E-state index contributed by atoms with van der Waals surface area (Å²) >= 11 is 0. The maximum absolute atomic E-state index is 12.5. The first-order valence-corrected chi connectivity index (χ1v) is 10.1. The molecule has 7 heteroatoms. The largest absolute Gasteiger partial charge is 0.350 e. The van der Waals surface area contributed by atoms with E-state index in [4.69, 9.17) is 0 Å². The SMILES string of the molecule is Cc1cc2nc(C)c(CCC(=O)NCc3c4c(nn3C)CCCC4)c(C)n2n1. The highest BCUT2D eigenvalue weighted by molar-refractivity contribution is 5.76. The minimum absolute atomic E-state index is 0.0568. The maximum atomic E-state index is 12.5. The standard InChI is InChI=1S/C21H28N6O/c1-13-11-20-23-14(2)16(15(3)27(20)24-13)9-10-21(28)22-12-19-17-7-5-6-8-18(17)25-26(19)4/h11H,5-10,12H2,1-4H3,(H,22,28). The average molecular weight is 380 g/mol. The van der Waals surface area contributed by atoms with Gasteiger partial charge in [-0.05, 0) is 64.0 Å². The molecule has 0 atom stereocenters. The Kier molecular flexibility index (Phi) is 4.91.